The third-order valence-corrected chi connectivity index (χ3v) is 6.33. The van der Waals surface area contributed by atoms with Crippen molar-refractivity contribution in [1.29, 1.82) is 0 Å². The molecule has 30 heavy (non-hydrogen) atoms. The molecule has 0 bridgehead atoms. The van der Waals surface area contributed by atoms with Gasteiger partial charge in [-0.15, -0.1) is 5.10 Å². The van der Waals surface area contributed by atoms with Crippen molar-refractivity contribution in [2.75, 3.05) is 31.1 Å². The summed E-state index contributed by atoms with van der Waals surface area (Å²) in [5, 5.41) is 8.70. The molecule has 3 heterocycles. The Morgan fingerprint density at radius 3 is 2.53 bits per heavy atom. The molecule has 156 valence electrons. The molecule has 1 aliphatic heterocycles. The van der Waals surface area contributed by atoms with E-state index in [0.717, 1.165) is 48.7 Å². The Balaban J connectivity index is 1.27. The van der Waals surface area contributed by atoms with E-state index in [1.165, 1.54) is 25.7 Å². The lowest BCUT2D eigenvalue weighted by Gasteiger charge is -2.35. The minimum Gasteiger partial charge on any atom is -0.351 e. The Morgan fingerprint density at radius 2 is 1.77 bits per heavy atom. The summed E-state index contributed by atoms with van der Waals surface area (Å²) >= 11 is 0. The van der Waals surface area contributed by atoms with Crippen LogP contribution >= 0.6 is 0 Å². The summed E-state index contributed by atoms with van der Waals surface area (Å²) in [4.78, 5) is 25.8. The molecule has 0 radical (unpaired) electrons. The minimum absolute atomic E-state index is 0.309. The van der Waals surface area contributed by atoms with Crippen LogP contribution in [0, 0.1) is 5.92 Å². The van der Waals surface area contributed by atoms with Crippen LogP contribution in [0.15, 0.2) is 36.7 Å². The van der Waals surface area contributed by atoms with E-state index >= 15 is 0 Å². The summed E-state index contributed by atoms with van der Waals surface area (Å²) in [5.41, 5.74) is 2.61. The lowest BCUT2D eigenvalue weighted by atomic mass is 10.0. The van der Waals surface area contributed by atoms with Crippen LogP contribution in [-0.4, -0.2) is 61.9 Å². The van der Waals surface area contributed by atoms with Crippen molar-refractivity contribution in [3.8, 4) is 0 Å². The van der Waals surface area contributed by atoms with Crippen LogP contribution in [0.25, 0.3) is 11.2 Å². The fourth-order valence-corrected chi connectivity index (χ4v) is 4.63. The summed E-state index contributed by atoms with van der Waals surface area (Å²) in [7, 11) is 0. The number of hydrogen-bond donors (Lipinski definition) is 0. The third-order valence-electron chi connectivity index (χ3n) is 6.33. The Labute approximate surface area is 175 Å². The number of aromatic nitrogens is 5. The molecule has 8 nitrogen and oxygen atoms in total. The summed E-state index contributed by atoms with van der Waals surface area (Å²) in [6, 6.07) is 10.2. The molecule has 0 spiro atoms. The van der Waals surface area contributed by atoms with E-state index in [4.69, 9.17) is 0 Å². The largest absolute Gasteiger partial charge is 0.351 e. The molecule has 0 N–H and O–H groups in total. The molecular formula is C22H27N7O. The molecule has 1 aliphatic carbocycles. The number of carbonyl (C=O) groups excluding carboxylic acids is 1. The predicted molar refractivity (Wildman–Crippen MR) is 114 cm³/mol. The van der Waals surface area contributed by atoms with Crippen LogP contribution in [0.1, 0.15) is 37.7 Å². The molecule has 3 aromatic rings. The van der Waals surface area contributed by atoms with Crippen molar-refractivity contribution in [2.45, 2.75) is 38.6 Å². The van der Waals surface area contributed by atoms with Gasteiger partial charge in [-0.05, 0) is 24.3 Å². The first-order chi connectivity index (χ1) is 14.8. The summed E-state index contributed by atoms with van der Waals surface area (Å²) in [6.07, 6.45) is 7.28. The molecule has 8 heteroatoms. The zero-order valence-electron chi connectivity index (χ0n) is 17.2. The summed E-state index contributed by atoms with van der Waals surface area (Å²) in [6.45, 7) is 3.60. The van der Waals surface area contributed by atoms with E-state index in [1.54, 1.807) is 6.33 Å². The van der Waals surface area contributed by atoms with E-state index in [1.807, 2.05) is 27.8 Å². The SMILES string of the molecule is O=C(CC1CCCC1)N1CCN(c2ncnc3c2nnn3Cc2ccccc2)CC1. The van der Waals surface area contributed by atoms with E-state index in [9.17, 15) is 4.79 Å². The Bertz CT molecular complexity index is 1000. The highest BCUT2D eigenvalue weighted by atomic mass is 16.2. The van der Waals surface area contributed by atoms with Gasteiger partial charge in [0.05, 0.1) is 6.54 Å². The minimum atomic E-state index is 0.309. The van der Waals surface area contributed by atoms with Crippen molar-refractivity contribution in [1.82, 2.24) is 29.9 Å². The molecule has 2 aliphatic rings. The average molecular weight is 406 g/mol. The van der Waals surface area contributed by atoms with Crippen LogP contribution in [0.4, 0.5) is 5.82 Å². The standard InChI is InChI=1S/C22H27N7O/c30-19(14-17-6-4-5-7-17)27-10-12-28(13-11-27)21-20-22(24-16-23-21)29(26-25-20)15-18-8-2-1-3-9-18/h1-3,8-9,16-17H,4-7,10-15H2. The third kappa shape index (κ3) is 3.86. The molecule has 1 saturated carbocycles. The van der Waals surface area contributed by atoms with Gasteiger partial charge in [0.15, 0.2) is 17.0 Å². The lowest BCUT2D eigenvalue weighted by molar-refractivity contribution is -0.132. The van der Waals surface area contributed by atoms with Crippen LogP contribution in [0.3, 0.4) is 0 Å². The van der Waals surface area contributed by atoms with Gasteiger partial charge >= 0.3 is 0 Å². The van der Waals surface area contributed by atoms with Gasteiger partial charge in [-0.1, -0.05) is 48.4 Å². The van der Waals surface area contributed by atoms with Gasteiger partial charge < -0.3 is 9.80 Å². The van der Waals surface area contributed by atoms with Crippen LogP contribution in [0.2, 0.25) is 0 Å². The first-order valence-electron chi connectivity index (χ1n) is 10.9. The monoisotopic (exact) mass is 405 g/mol. The molecule has 2 fully saturated rings. The highest BCUT2D eigenvalue weighted by Crippen LogP contribution is 2.28. The summed E-state index contributed by atoms with van der Waals surface area (Å²) in [5.74, 6) is 1.71. The fraction of sp³-hybridized carbons (Fsp3) is 0.500. The first-order valence-corrected chi connectivity index (χ1v) is 10.9. The van der Waals surface area contributed by atoms with Gasteiger partial charge in [-0.3, -0.25) is 4.79 Å². The Morgan fingerprint density at radius 1 is 1.00 bits per heavy atom. The number of piperazine rings is 1. The van der Waals surface area contributed by atoms with Gasteiger partial charge in [0, 0.05) is 32.6 Å². The first kappa shape index (κ1) is 19.0. The smallest absolute Gasteiger partial charge is 0.222 e. The molecule has 1 saturated heterocycles. The van der Waals surface area contributed by atoms with Gasteiger partial charge in [-0.25, -0.2) is 14.6 Å². The highest BCUT2D eigenvalue weighted by molar-refractivity contribution is 5.83. The number of rotatable bonds is 5. The molecule has 0 unspecified atom stereocenters. The second-order valence-electron chi connectivity index (χ2n) is 8.32. The van der Waals surface area contributed by atoms with Crippen molar-refractivity contribution < 1.29 is 4.79 Å². The Hall–Kier alpha value is -3.03. The lowest BCUT2D eigenvalue weighted by Crippen LogP contribution is -2.49. The quantitative estimate of drug-likeness (QED) is 0.649. The van der Waals surface area contributed by atoms with Crippen molar-refractivity contribution in [3.05, 3.63) is 42.2 Å². The van der Waals surface area contributed by atoms with Crippen LogP contribution in [-0.2, 0) is 11.3 Å². The van der Waals surface area contributed by atoms with E-state index in [0.29, 0.717) is 24.8 Å². The van der Waals surface area contributed by atoms with Crippen molar-refractivity contribution >= 4 is 22.9 Å². The number of anilines is 1. The molecule has 5 rings (SSSR count). The van der Waals surface area contributed by atoms with E-state index in [2.05, 4.69) is 37.3 Å². The maximum absolute atomic E-state index is 12.6. The van der Waals surface area contributed by atoms with Crippen molar-refractivity contribution in [2.24, 2.45) is 5.92 Å². The normalized spacial score (nSPS) is 17.7. The second kappa shape index (κ2) is 8.38. The van der Waals surface area contributed by atoms with Gasteiger partial charge in [-0.2, -0.15) is 0 Å². The van der Waals surface area contributed by atoms with Crippen LogP contribution < -0.4 is 4.90 Å². The number of hydrogen-bond acceptors (Lipinski definition) is 6. The summed E-state index contributed by atoms with van der Waals surface area (Å²) < 4.78 is 1.82. The van der Waals surface area contributed by atoms with Gasteiger partial charge in [0.1, 0.15) is 6.33 Å². The van der Waals surface area contributed by atoms with E-state index < -0.39 is 0 Å². The number of benzene rings is 1. The fourth-order valence-electron chi connectivity index (χ4n) is 4.63. The molecule has 2 aromatic heterocycles. The Kier molecular flexibility index (Phi) is 5.29. The molecular weight excluding hydrogens is 378 g/mol. The maximum atomic E-state index is 12.6. The number of nitrogens with zero attached hydrogens (tertiary/aromatic N) is 7. The number of carbonyl (C=O) groups is 1. The van der Waals surface area contributed by atoms with Crippen molar-refractivity contribution in [3.63, 3.8) is 0 Å². The predicted octanol–water partition coefficient (Wildman–Crippen LogP) is 2.50. The number of fused-ring (bicyclic) bond motifs is 1. The molecule has 1 aromatic carbocycles. The highest BCUT2D eigenvalue weighted by Gasteiger charge is 2.27. The van der Waals surface area contributed by atoms with E-state index in [-0.39, 0.29) is 0 Å². The zero-order valence-corrected chi connectivity index (χ0v) is 17.2. The van der Waals surface area contributed by atoms with Gasteiger partial charge in [0.2, 0.25) is 5.91 Å². The zero-order chi connectivity index (χ0) is 20.3. The average Bonchev–Trinajstić information content (AvgIpc) is 3.45. The topological polar surface area (TPSA) is 80.0 Å². The molecule has 0 atom stereocenters. The number of amides is 1. The van der Waals surface area contributed by atoms with Crippen LogP contribution in [0.5, 0.6) is 0 Å². The second-order valence-corrected chi connectivity index (χ2v) is 8.32. The molecule has 1 amide bonds. The maximum Gasteiger partial charge on any atom is 0.222 e. The van der Waals surface area contributed by atoms with Gasteiger partial charge in [0.25, 0.3) is 0 Å².